The molecule has 0 radical (unpaired) electrons. The van der Waals surface area contributed by atoms with Crippen LogP contribution < -0.4 is 0 Å². The smallest absolute Gasteiger partial charge is 0.305 e. The molecule has 0 N–H and O–H groups in total. The van der Waals surface area contributed by atoms with Gasteiger partial charge in [0.15, 0.2) is 0 Å². The standard InChI is InChI=1S/C22H33NO6/c1-18(2)17-29-22(25)13-8-6-4-3-5-7-12-21(24)28-15-14-19-10-9-11-20(16-19)23(26)27/h9-11,16,18H,3-8,12-15,17H2,1-2H3. The second-order valence-corrected chi connectivity index (χ2v) is 7.60. The summed E-state index contributed by atoms with van der Waals surface area (Å²) < 4.78 is 10.3. The van der Waals surface area contributed by atoms with E-state index in [4.69, 9.17) is 9.47 Å². The monoisotopic (exact) mass is 407 g/mol. The molecule has 0 aliphatic carbocycles. The van der Waals surface area contributed by atoms with Crippen molar-refractivity contribution in [1.29, 1.82) is 0 Å². The van der Waals surface area contributed by atoms with Gasteiger partial charge < -0.3 is 9.47 Å². The molecule has 0 fully saturated rings. The first-order valence-corrected chi connectivity index (χ1v) is 10.4. The lowest BCUT2D eigenvalue weighted by Gasteiger charge is -2.07. The first kappa shape index (κ1) is 24.6. The zero-order chi connectivity index (χ0) is 21.5. The Morgan fingerprint density at radius 3 is 2.14 bits per heavy atom. The number of carbonyl (C=O) groups is 2. The van der Waals surface area contributed by atoms with E-state index in [9.17, 15) is 19.7 Å². The van der Waals surface area contributed by atoms with Gasteiger partial charge in [-0.2, -0.15) is 0 Å². The number of rotatable bonds is 15. The topological polar surface area (TPSA) is 95.7 Å². The number of benzene rings is 1. The van der Waals surface area contributed by atoms with Crippen LogP contribution >= 0.6 is 0 Å². The zero-order valence-corrected chi connectivity index (χ0v) is 17.6. The fraction of sp³-hybridized carbons (Fsp3) is 0.636. The van der Waals surface area contributed by atoms with Crippen molar-refractivity contribution >= 4 is 17.6 Å². The highest BCUT2D eigenvalue weighted by atomic mass is 16.6. The van der Waals surface area contributed by atoms with E-state index < -0.39 is 4.92 Å². The fourth-order valence-corrected chi connectivity index (χ4v) is 2.76. The number of nitro groups is 1. The number of nitro benzene ring substituents is 1. The molecule has 162 valence electrons. The van der Waals surface area contributed by atoms with Crippen molar-refractivity contribution in [2.24, 2.45) is 5.92 Å². The molecule has 0 unspecified atom stereocenters. The van der Waals surface area contributed by atoms with Crippen LogP contribution in [0.3, 0.4) is 0 Å². The summed E-state index contributed by atoms with van der Waals surface area (Å²) in [6.45, 7) is 4.74. The van der Waals surface area contributed by atoms with E-state index in [0.717, 1.165) is 44.1 Å². The molecule has 0 spiro atoms. The summed E-state index contributed by atoms with van der Waals surface area (Å²) in [5, 5.41) is 10.7. The molecule has 0 aromatic heterocycles. The largest absolute Gasteiger partial charge is 0.465 e. The molecule has 0 saturated carbocycles. The van der Waals surface area contributed by atoms with Crippen molar-refractivity contribution in [3.8, 4) is 0 Å². The van der Waals surface area contributed by atoms with E-state index in [-0.39, 0.29) is 24.2 Å². The van der Waals surface area contributed by atoms with Crippen LogP contribution in [0.2, 0.25) is 0 Å². The highest BCUT2D eigenvalue weighted by Gasteiger charge is 2.07. The van der Waals surface area contributed by atoms with Gasteiger partial charge in [-0.15, -0.1) is 0 Å². The molecule has 29 heavy (non-hydrogen) atoms. The molecular formula is C22H33NO6. The van der Waals surface area contributed by atoms with Crippen molar-refractivity contribution in [1.82, 2.24) is 0 Å². The van der Waals surface area contributed by atoms with Gasteiger partial charge in [0.05, 0.1) is 18.1 Å². The fourth-order valence-electron chi connectivity index (χ4n) is 2.76. The first-order chi connectivity index (χ1) is 13.9. The minimum absolute atomic E-state index is 0.0428. The Balaban J connectivity index is 1.98. The van der Waals surface area contributed by atoms with Crippen LogP contribution in [0.15, 0.2) is 24.3 Å². The maximum Gasteiger partial charge on any atom is 0.305 e. The average Bonchev–Trinajstić information content (AvgIpc) is 2.68. The van der Waals surface area contributed by atoms with Gasteiger partial charge in [0.25, 0.3) is 5.69 Å². The number of non-ortho nitro benzene ring substituents is 1. The summed E-state index contributed by atoms with van der Waals surface area (Å²) in [5.41, 5.74) is 0.821. The normalized spacial score (nSPS) is 10.7. The van der Waals surface area contributed by atoms with E-state index in [1.807, 2.05) is 13.8 Å². The van der Waals surface area contributed by atoms with Crippen molar-refractivity contribution in [2.45, 2.75) is 71.6 Å². The number of unbranched alkanes of at least 4 members (excludes halogenated alkanes) is 5. The van der Waals surface area contributed by atoms with Gasteiger partial charge in [0.1, 0.15) is 0 Å². The molecule has 0 aliphatic rings. The third-order valence-corrected chi connectivity index (χ3v) is 4.36. The summed E-state index contributed by atoms with van der Waals surface area (Å²) in [6, 6.07) is 6.35. The van der Waals surface area contributed by atoms with Gasteiger partial charge in [-0.3, -0.25) is 19.7 Å². The summed E-state index contributed by atoms with van der Waals surface area (Å²) in [7, 11) is 0. The molecule has 0 saturated heterocycles. The number of hydrogen-bond donors (Lipinski definition) is 0. The van der Waals surface area contributed by atoms with Crippen molar-refractivity contribution in [3.05, 3.63) is 39.9 Å². The van der Waals surface area contributed by atoms with Gasteiger partial charge >= 0.3 is 11.9 Å². The Bertz CT molecular complexity index is 644. The summed E-state index contributed by atoms with van der Waals surface area (Å²) >= 11 is 0. The molecule has 0 bridgehead atoms. The van der Waals surface area contributed by atoms with Crippen LogP contribution in [0, 0.1) is 16.0 Å². The van der Waals surface area contributed by atoms with Gasteiger partial charge in [0, 0.05) is 31.4 Å². The zero-order valence-electron chi connectivity index (χ0n) is 17.6. The van der Waals surface area contributed by atoms with Crippen LogP contribution in [-0.4, -0.2) is 30.1 Å². The highest BCUT2D eigenvalue weighted by molar-refractivity contribution is 5.69. The van der Waals surface area contributed by atoms with Gasteiger partial charge in [-0.05, 0) is 24.3 Å². The number of hydrogen-bond acceptors (Lipinski definition) is 6. The van der Waals surface area contributed by atoms with E-state index in [0.29, 0.717) is 31.8 Å². The molecule has 0 aliphatic heterocycles. The van der Waals surface area contributed by atoms with Crippen LogP contribution in [0.1, 0.15) is 70.8 Å². The lowest BCUT2D eigenvalue weighted by molar-refractivity contribution is -0.384. The van der Waals surface area contributed by atoms with Crippen LogP contribution in [0.5, 0.6) is 0 Å². The van der Waals surface area contributed by atoms with Crippen molar-refractivity contribution in [3.63, 3.8) is 0 Å². The van der Waals surface area contributed by atoms with Gasteiger partial charge in [0.2, 0.25) is 0 Å². The minimum atomic E-state index is -0.436. The first-order valence-electron chi connectivity index (χ1n) is 10.4. The molecule has 1 aromatic carbocycles. The number of esters is 2. The van der Waals surface area contributed by atoms with Crippen molar-refractivity contribution in [2.75, 3.05) is 13.2 Å². The molecule has 7 nitrogen and oxygen atoms in total. The molecule has 7 heteroatoms. The Hall–Kier alpha value is -2.44. The van der Waals surface area contributed by atoms with Gasteiger partial charge in [-0.1, -0.05) is 51.7 Å². The van der Waals surface area contributed by atoms with Crippen molar-refractivity contribution < 1.29 is 24.0 Å². The molecule has 0 amide bonds. The average molecular weight is 408 g/mol. The Morgan fingerprint density at radius 1 is 0.966 bits per heavy atom. The summed E-state index contributed by atoms with van der Waals surface area (Å²) in [6.07, 6.45) is 6.97. The molecule has 0 heterocycles. The molecule has 1 rings (SSSR count). The van der Waals surface area contributed by atoms with Crippen LogP contribution in [0.25, 0.3) is 0 Å². The van der Waals surface area contributed by atoms with E-state index >= 15 is 0 Å². The SMILES string of the molecule is CC(C)COC(=O)CCCCCCCCC(=O)OCCc1cccc([N+](=O)[O-])c1. The number of carbonyl (C=O) groups excluding carboxylic acids is 2. The van der Waals surface area contributed by atoms with E-state index in [1.54, 1.807) is 12.1 Å². The Labute approximate surface area is 172 Å². The minimum Gasteiger partial charge on any atom is -0.465 e. The molecular weight excluding hydrogens is 374 g/mol. The van der Waals surface area contributed by atoms with Crippen LogP contribution in [-0.2, 0) is 25.5 Å². The third-order valence-electron chi connectivity index (χ3n) is 4.36. The lowest BCUT2D eigenvalue weighted by atomic mass is 10.1. The van der Waals surface area contributed by atoms with Crippen LogP contribution in [0.4, 0.5) is 5.69 Å². The van der Waals surface area contributed by atoms with E-state index in [1.165, 1.54) is 12.1 Å². The Morgan fingerprint density at radius 2 is 1.55 bits per heavy atom. The summed E-state index contributed by atoms with van der Waals surface area (Å²) in [5.74, 6) is 0.0142. The highest BCUT2D eigenvalue weighted by Crippen LogP contribution is 2.14. The maximum atomic E-state index is 11.7. The predicted octanol–water partition coefficient (Wildman–Crippen LogP) is 5.00. The summed E-state index contributed by atoms with van der Waals surface area (Å²) in [4.78, 5) is 33.5. The second-order valence-electron chi connectivity index (χ2n) is 7.60. The molecule has 1 aromatic rings. The van der Waals surface area contributed by atoms with E-state index in [2.05, 4.69) is 0 Å². The predicted molar refractivity (Wildman–Crippen MR) is 110 cm³/mol. The Kier molecular flexibility index (Phi) is 12.3. The van der Waals surface area contributed by atoms with Gasteiger partial charge in [-0.25, -0.2) is 0 Å². The molecule has 0 atom stereocenters. The quantitative estimate of drug-likeness (QED) is 0.176. The third kappa shape index (κ3) is 12.6. The number of ether oxygens (including phenoxy) is 2. The lowest BCUT2D eigenvalue weighted by Crippen LogP contribution is -2.09. The maximum absolute atomic E-state index is 11.7. The second kappa shape index (κ2) is 14.5. The number of nitrogens with zero attached hydrogens (tertiary/aromatic N) is 1.